The number of aromatic nitrogens is 3. The molecular formula is C14H14N4O3. The summed E-state index contributed by atoms with van der Waals surface area (Å²) in [5.41, 5.74) is 1.04. The van der Waals surface area contributed by atoms with Gasteiger partial charge in [-0.05, 0) is 18.6 Å². The molecule has 0 unspecified atom stereocenters. The molecule has 1 N–H and O–H groups in total. The summed E-state index contributed by atoms with van der Waals surface area (Å²) in [6.45, 7) is 0.667. The summed E-state index contributed by atoms with van der Waals surface area (Å²) in [5, 5.41) is 16.8. The van der Waals surface area contributed by atoms with E-state index in [1.807, 2.05) is 30.3 Å². The average molecular weight is 286 g/mol. The van der Waals surface area contributed by atoms with E-state index in [1.54, 1.807) is 6.20 Å². The van der Waals surface area contributed by atoms with Crippen molar-refractivity contribution in [3.8, 4) is 5.69 Å². The van der Waals surface area contributed by atoms with Crippen LogP contribution in [0.1, 0.15) is 16.9 Å². The van der Waals surface area contributed by atoms with Crippen LogP contribution in [0, 0.1) is 5.92 Å². The van der Waals surface area contributed by atoms with E-state index in [0.717, 1.165) is 5.69 Å². The predicted molar refractivity (Wildman–Crippen MR) is 73.0 cm³/mol. The standard InChI is InChI=1S/C14H14N4O3/c19-13(17-7-6-10(8-17)14(20)21)12-9-18(16-15-12)11-4-2-1-3-5-11/h1-5,9-10H,6-8H2,(H,20,21)/t10-/m1/s1. The minimum atomic E-state index is -0.863. The van der Waals surface area contributed by atoms with E-state index in [2.05, 4.69) is 10.3 Å². The lowest BCUT2D eigenvalue weighted by Crippen LogP contribution is -2.30. The molecule has 0 spiro atoms. The number of para-hydroxylation sites is 1. The Morgan fingerprint density at radius 2 is 2.00 bits per heavy atom. The van der Waals surface area contributed by atoms with Crippen LogP contribution in [0.5, 0.6) is 0 Å². The maximum atomic E-state index is 12.3. The molecule has 1 aromatic carbocycles. The number of nitrogens with zero attached hydrogens (tertiary/aromatic N) is 4. The summed E-state index contributed by atoms with van der Waals surface area (Å²) in [4.78, 5) is 24.7. The van der Waals surface area contributed by atoms with Crippen molar-refractivity contribution in [1.82, 2.24) is 19.9 Å². The number of carboxylic acids is 1. The molecule has 108 valence electrons. The number of carbonyl (C=O) groups excluding carboxylic acids is 1. The molecule has 1 amide bonds. The molecule has 0 bridgehead atoms. The van der Waals surface area contributed by atoms with Gasteiger partial charge in [0.25, 0.3) is 5.91 Å². The highest BCUT2D eigenvalue weighted by Gasteiger charge is 2.32. The molecule has 1 aliphatic heterocycles. The molecule has 21 heavy (non-hydrogen) atoms. The lowest BCUT2D eigenvalue weighted by Gasteiger charge is -2.13. The number of likely N-dealkylation sites (tertiary alicyclic amines) is 1. The van der Waals surface area contributed by atoms with Crippen LogP contribution in [0.3, 0.4) is 0 Å². The number of amides is 1. The Hall–Kier alpha value is -2.70. The van der Waals surface area contributed by atoms with Gasteiger partial charge in [-0.15, -0.1) is 5.10 Å². The van der Waals surface area contributed by atoms with Crippen molar-refractivity contribution in [1.29, 1.82) is 0 Å². The zero-order valence-corrected chi connectivity index (χ0v) is 11.2. The van der Waals surface area contributed by atoms with E-state index in [9.17, 15) is 9.59 Å². The van der Waals surface area contributed by atoms with Gasteiger partial charge >= 0.3 is 5.97 Å². The Morgan fingerprint density at radius 1 is 1.24 bits per heavy atom. The van der Waals surface area contributed by atoms with E-state index in [0.29, 0.717) is 13.0 Å². The molecule has 1 aromatic heterocycles. The zero-order chi connectivity index (χ0) is 14.8. The van der Waals surface area contributed by atoms with Crippen molar-refractivity contribution in [2.45, 2.75) is 6.42 Å². The van der Waals surface area contributed by atoms with Crippen LogP contribution < -0.4 is 0 Å². The first-order valence-electron chi connectivity index (χ1n) is 6.65. The van der Waals surface area contributed by atoms with Crippen LogP contribution in [0.4, 0.5) is 0 Å². The molecule has 1 saturated heterocycles. The molecule has 7 heteroatoms. The highest BCUT2D eigenvalue weighted by molar-refractivity contribution is 5.92. The molecule has 0 saturated carbocycles. The van der Waals surface area contributed by atoms with Gasteiger partial charge in [0.1, 0.15) is 0 Å². The number of hydrogen-bond acceptors (Lipinski definition) is 4. The van der Waals surface area contributed by atoms with E-state index >= 15 is 0 Å². The second kappa shape index (κ2) is 5.35. The molecule has 2 aromatic rings. The Kier molecular flexibility index (Phi) is 3.39. The van der Waals surface area contributed by atoms with Crippen LogP contribution in [0.15, 0.2) is 36.5 Å². The fourth-order valence-electron chi connectivity index (χ4n) is 2.38. The van der Waals surface area contributed by atoms with Crippen molar-refractivity contribution in [2.24, 2.45) is 5.92 Å². The van der Waals surface area contributed by atoms with Gasteiger partial charge in [-0.3, -0.25) is 9.59 Å². The van der Waals surface area contributed by atoms with Crippen molar-refractivity contribution in [3.05, 3.63) is 42.2 Å². The fourth-order valence-corrected chi connectivity index (χ4v) is 2.38. The lowest BCUT2D eigenvalue weighted by atomic mass is 10.1. The maximum absolute atomic E-state index is 12.3. The quantitative estimate of drug-likeness (QED) is 0.902. The molecular weight excluding hydrogens is 272 g/mol. The number of rotatable bonds is 3. The van der Waals surface area contributed by atoms with Gasteiger partial charge < -0.3 is 10.0 Å². The third-order valence-electron chi connectivity index (χ3n) is 3.56. The Balaban J connectivity index is 1.75. The number of benzene rings is 1. The molecule has 3 rings (SSSR count). The molecule has 7 nitrogen and oxygen atoms in total. The van der Waals surface area contributed by atoms with Gasteiger partial charge in [0, 0.05) is 13.1 Å². The van der Waals surface area contributed by atoms with Crippen LogP contribution in [-0.4, -0.2) is 50.0 Å². The highest BCUT2D eigenvalue weighted by Crippen LogP contribution is 2.18. The van der Waals surface area contributed by atoms with Gasteiger partial charge in [0.15, 0.2) is 5.69 Å². The normalized spacial score (nSPS) is 17.9. The van der Waals surface area contributed by atoms with Gasteiger partial charge in [0.2, 0.25) is 0 Å². The number of carboxylic acid groups (broad SMARTS) is 1. The molecule has 1 atom stereocenters. The van der Waals surface area contributed by atoms with Crippen molar-refractivity contribution >= 4 is 11.9 Å². The third-order valence-corrected chi connectivity index (χ3v) is 3.56. The van der Waals surface area contributed by atoms with Crippen LogP contribution in [-0.2, 0) is 4.79 Å². The predicted octanol–water partition coefficient (Wildman–Crippen LogP) is 0.814. The molecule has 1 aliphatic rings. The third kappa shape index (κ3) is 2.62. The SMILES string of the molecule is O=C(O)[C@@H]1CCN(C(=O)c2cn(-c3ccccc3)nn2)C1. The molecule has 0 aliphatic carbocycles. The second-order valence-corrected chi connectivity index (χ2v) is 4.96. The minimum Gasteiger partial charge on any atom is -0.481 e. The minimum absolute atomic E-state index is 0.227. The van der Waals surface area contributed by atoms with Gasteiger partial charge in [0.05, 0.1) is 17.8 Å². The van der Waals surface area contributed by atoms with Gasteiger partial charge in [-0.2, -0.15) is 0 Å². The summed E-state index contributed by atoms with van der Waals surface area (Å²) in [6, 6.07) is 9.36. The Morgan fingerprint density at radius 3 is 2.67 bits per heavy atom. The molecule has 0 radical (unpaired) electrons. The average Bonchev–Trinajstić information content (AvgIpc) is 3.17. The monoisotopic (exact) mass is 286 g/mol. The largest absolute Gasteiger partial charge is 0.481 e. The molecule has 1 fully saturated rings. The van der Waals surface area contributed by atoms with Crippen LogP contribution in [0.25, 0.3) is 5.69 Å². The Bertz CT molecular complexity index is 668. The Labute approximate surface area is 120 Å². The fraction of sp³-hybridized carbons (Fsp3) is 0.286. The first-order chi connectivity index (χ1) is 10.1. The van der Waals surface area contributed by atoms with Crippen molar-refractivity contribution < 1.29 is 14.7 Å². The number of aliphatic carboxylic acids is 1. The summed E-state index contributed by atoms with van der Waals surface area (Å²) in [7, 11) is 0. The second-order valence-electron chi connectivity index (χ2n) is 4.96. The maximum Gasteiger partial charge on any atom is 0.308 e. The van der Waals surface area contributed by atoms with Crippen LogP contribution in [0.2, 0.25) is 0 Å². The summed E-state index contributed by atoms with van der Waals surface area (Å²) in [6.07, 6.45) is 2.04. The highest BCUT2D eigenvalue weighted by atomic mass is 16.4. The topological polar surface area (TPSA) is 88.3 Å². The smallest absolute Gasteiger partial charge is 0.308 e. The van der Waals surface area contributed by atoms with Crippen molar-refractivity contribution in [3.63, 3.8) is 0 Å². The van der Waals surface area contributed by atoms with E-state index in [-0.39, 0.29) is 18.1 Å². The zero-order valence-electron chi connectivity index (χ0n) is 11.2. The van der Waals surface area contributed by atoms with E-state index in [4.69, 9.17) is 5.11 Å². The first-order valence-corrected chi connectivity index (χ1v) is 6.65. The van der Waals surface area contributed by atoms with Crippen LogP contribution >= 0.6 is 0 Å². The first kappa shape index (κ1) is 13.3. The summed E-state index contributed by atoms with van der Waals surface area (Å²) >= 11 is 0. The number of carbonyl (C=O) groups is 2. The number of hydrogen-bond donors (Lipinski definition) is 1. The lowest BCUT2D eigenvalue weighted by molar-refractivity contribution is -0.141. The van der Waals surface area contributed by atoms with Crippen molar-refractivity contribution in [2.75, 3.05) is 13.1 Å². The molecule has 2 heterocycles. The van der Waals surface area contributed by atoms with E-state index in [1.165, 1.54) is 9.58 Å². The summed E-state index contributed by atoms with van der Waals surface area (Å²) < 4.78 is 1.53. The van der Waals surface area contributed by atoms with E-state index < -0.39 is 11.9 Å². The van der Waals surface area contributed by atoms with Gasteiger partial charge in [-0.25, -0.2) is 4.68 Å². The summed E-state index contributed by atoms with van der Waals surface area (Å²) in [5.74, 6) is -1.63. The van der Waals surface area contributed by atoms with Gasteiger partial charge in [-0.1, -0.05) is 23.4 Å².